The number of hydrogen-bond acceptors (Lipinski definition) is 3. The fourth-order valence-corrected chi connectivity index (χ4v) is 2.75. The van der Waals surface area contributed by atoms with E-state index in [2.05, 4.69) is 15.9 Å². The number of hydrogen-bond donors (Lipinski definition) is 1. The van der Waals surface area contributed by atoms with E-state index >= 15 is 0 Å². The third kappa shape index (κ3) is 5.19. The lowest BCUT2D eigenvalue weighted by atomic mass is 10.0. The molecule has 2 rings (SSSR count). The van der Waals surface area contributed by atoms with E-state index in [1.165, 1.54) is 6.07 Å². The summed E-state index contributed by atoms with van der Waals surface area (Å²) in [6.45, 7) is 0.622. The fraction of sp³-hybridized carbons (Fsp3) is 0.278. The Bertz CT molecular complexity index is 598. The van der Waals surface area contributed by atoms with Gasteiger partial charge in [-0.3, -0.25) is 4.79 Å². The SMILES string of the molecule is O=C(CC(Br)CCCOc1ccccc1)c1ccccc1O. The number of carbonyl (C=O) groups is 1. The normalized spacial score (nSPS) is 11.9. The second kappa shape index (κ2) is 8.59. The summed E-state index contributed by atoms with van der Waals surface area (Å²) >= 11 is 3.53. The number of rotatable bonds is 8. The highest BCUT2D eigenvalue weighted by Crippen LogP contribution is 2.22. The zero-order chi connectivity index (χ0) is 15.8. The maximum absolute atomic E-state index is 12.1. The van der Waals surface area contributed by atoms with Crippen molar-refractivity contribution in [3.05, 3.63) is 60.2 Å². The van der Waals surface area contributed by atoms with Gasteiger partial charge >= 0.3 is 0 Å². The average Bonchev–Trinajstić information content (AvgIpc) is 2.53. The Balaban J connectivity index is 1.71. The van der Waals surface area contributed by atoms with Crippen LogP contribution in [0.1, 0.15) is 29.6 Å². The first kappa shape index (κ1) is 16.6. The Morgan fingerprint density at radius 1 is 1.09 bits per heavy atom. The predicted octanol–water partition coefficient (Wildman–Crippen LogP) is 4.59. The van der Waals surface area contributed by atoms with Crippen molar-refractivity contribution < 1.29 is 14.6 Å². The van der Waals surface area contributed by atoms with Gasteiger partial charge in [0.1, 0.15) is 11.5 Å². The van der Waals surface area contributed by atoms with Crippen LogP contribution in [0.25, 0.3) is 0 Å². The number of benzene rings is 2. The van der Waals surface area contributed by atoms with E-state index in [1.54, 1.807) is 18.2 Å². The number of phenols is 1. The molecule has 2 aromatic rings. The van der Waals surface area contributed by atoms with Gasteiger partial charge in [0.25, 0.3) is 0 Å². The lowest BCUT2D eigenvalue weighted by Crippen LogP contribution is -2.10. The number of halogens is 1. The molecule has 0 aliphatic rings. The molecule has 0 spiro atoms. The number of Topliss-reactive ketones (excluding diaryl/α,β-unsaturated/α-hetero) is 1. The van der Waals surface area contributed by atoms with Crippen LogP contribution in [0, 0.1) is 0 Å². The molecule has 0 aliphatic carbocycles. The van der Waals surface area contributed by atoms with Crippen LogP contribution in [0.15, 0.2) is 54.6 Å². The highest BCUT2D eigenvalue weighted by atomic mass is 79.9. The topological polar surface area (TPSA) is 46.5 Å². The Morgan fingerprint density at radius 2 is 1.77 bits per heavy atom. The van der Waals surface area contributed by atoms with Crippen molar-refractivity contribution in [3.63, 3.8) is 0 Å². The minimum atomic E-state index is -0.0519. The van der Waals surface area contributed by atoms with Gasteiger partial charge in [0.05, 0.1) is 12.2 Å². The van der Waals surface area contributed by atoms with Crippen LogP contribution in [0.2, 0.25) is 0 Å². The molecule has 0 aliphatic heterocycles. The minimum Gasteiger partial charge on any atom is -0.507 e. The first-order chi connectivity index (χ1) is 10.7. The van der Waals surface area contributed by atoms with Gasteiger partial charge in [0.2, 0.25) is 0 Å². The Kier molecular flexibility index (Phi) is 6.46. The van der Waals surface area contributed by atoms with E-state index in [4.69, 9.17) is 4.74 Å². The molecule has 0 radical (unpaired) electrons. The Hall–Kier alpha value is -1.81. The second-order valence-electron chi connectivity index (χ2n) is 5.05. The molecule has 0 saturated heterocycles. The summed E-state index contributed by atoms with van der Waals surface area (Å²) < 4.78 is 5.62. The third-order valence-electron chi connectivity index (χ3n) is 3.28. The summed E-state index contributed by atoms with van der Waals surface area (Å²) in [5.41, 5.74) is 0.382. The molecule has 3 nitrogen and oxygen atoms in total. The van der Waals surface area contributed by atoms with Crippen LogP contribution >= 0.6 is 15.9 Å². The number of alkyl halides is 1. The van der Waals surface area contributed by atoms with Gasteiger partial charge < -0.3 is 9.84 Å². The number of ether oxygens (including phenoxy) is 1. The first-order valence-electron chi connectivity index (χ1n) is 7.30. The van der Waals surface area contributed by atoms with E-state index in [0.717, 1.165) is 18.6 Å². The van der Waals surface area contributed by atoms with Gasteiger partial charge in [-0.1, -0.05) is 46.3 Å². The summed E-state index contributed by atoms with van der Waals surface area (Å²) in [5, 5.41) is 9.68. The van der Waals surface area contributed by atoms with E-state index in [9.17, 15) is 9.90 Å². The zero-order valence-corrected chi connectivity index (χ0v) is 13.8. The van der Waals surface area contributed by atoms with Crippen molar-refractivity contribution in [3.8, 4) is 11.5 Å². The Labute approximate surface area is 139 Å². The smallest absolute Gasteiger partial charge is 0.167 e. The maximum Gasteiger partial charge on any atom is 0.167 e. The molecule has 0 fully saturated rings. The molecule has 0 aromatic heterocycles. The molecule has 1 atom stereocenters. The zero-order valence-electron chi connectivity index (χ0n) is 12.2. The van der Waals surface area contributed by atoms with Crippen molar-refractivity contribution in [2.75, 3.05) is 6.61 Å². The molecule has 0 saturated carbocycles. The predicted molar refractivity (Wildman–Crippen MR) is 90.9 cm³/mol. The quantitative estimate of drug-likeness (QED) is 0.424. The van der Waals surface area contributed by atoms with Crippen LogP contribution < -0.4 is 4.74 Å². The maximum atomic E-state index is 12.1. The lowest BCUT2D eigenvalue weighted by Gasteiger charge is -2.10. The van der Waals surface area contributed by atoms with Gasteiger partial charge in [0.15, 0.2) is 5.78 Å². The first-order valence-corrected chi connectivity index (χ1v) is 8.21. The summed E-state index contributed by atoms with van der Waals surface area (Å²) in [6.07, 6.45) is 2.06. The molecular weight excluding hydrogens is 344 g/mol. The van der Waals surface area contributed by atoms with Crippen LogP contribution in [0.4, 0.5) is 0 Å². The molecule has 0 heterocycles. The third-order valence-corrected chi connectivity index (χ3v) is 4.07. The van der Waals surface area contributed by atoms with Crippen LogP contribution in [0.5, 0.6) is 11.5 Å². The van der Waals surface area contributed by atoms with E-state index in [-0.39, 0.29) is 16.4 Å². The second-order valence-corrected chi connectivity index (χ2v) is 6.34. The van der Waals surface area contributed by atoms with Crippen molar-refractivity contribution in [2.45, 2.75) is 24.1 Å². The summed E-state index contributed by atoms with van der Waals surface area (Å²) in [7, 11) is 0. The van der Waals surface area contributed by atoms with Gasteiger partial charge in [0, 0.05) is 11.2 Å². The monoisotopic (exact) mass is 362 g/mol. The number of para-hydroxylation sites is 2. The summed E-state index contributed by atoms with van der Waals surface area (Å²) in [4.78, 5) is 12.2. The minimum absolute atomic E-state index is 0.0413. The molecule has 2 aromatic carbocycles. The van der Waals surface area contributed by atoms with Crippen molar-refractivity contribution >= 4 is 21.7 Å². The highest BCUT2D eigenvalue weighted by Gasteiger charge is 2.15. The highest BCUT2D eigenvalue weighted by molar-refractivity contribution is 9.09. The number of aromatic hydroxyl groups is 1. The van der Waals surface area contributed by atoms with Crippen molar-refractivity contribution in [2.24, 2.45) is 0 Å². The number of phenolic OH excluding ortho intramolecular Hbond substituents is 1. The Morgan fingerprint density at radius 3 is 2.50 bits per heavy atom. The van der Waals surface area contributed by atoms with Gasteiger partial charge in [-0.05, 0) is 37.1 Å². The van der Waals surface area contributed by atoms with Crippen molar-refractivity contribution in [1.29, 1.82) is 0 Å². The van der Waals surface area contributed by atoms with Crippen molar-refractivity contribution in [1.82, 2.24) is 0 Å². The number of carbonyl (C=O) groups excluding carboxylic acids is 1. The van der Waals surface area contributed by atoms with E-state index in [1.807, 2.05) is 30.3 Å². The average molecular weight is 363 g/mol. The molecule has 0 amide bonds. The standard InChI is InChI=1S/C18H19BrO3/c19-14(7-6-12-22-15-8-2-1-3-9-15)13-18(21)16-10-4-5-11-17(16)20/h1-5,8-11,14,20H,6-7,12-13H2. The molecule has 1 N–H and O–H groups in total. The summed E-state index contributed by atoms with van der Waals surface area (Å²) in [5.74, 6) is 0.850. The largest absolute Gasteiger partial charge is 0.507 e. The van der Waals surface area contributed by atoms with Gasteiger partial charge in [-0.2, -0.15) is 0 Å². The molecular formula is C18H19BrO3. The summed E-state index contributed by atoms with van der Waals surface area (Å²) in [6, 6.07) is 16.3. The van der Waals surface area contributed by atoms with Crippen LogP contribution in [-0.4, -0.2) is 22.3 Å². The lowest BCUT2D eigenvalue weighted by molar-refractivity contribution is 0.0978. The molecule has 22 heavy (non-hydrogen) atoms. The fourth-order valence-electron chi connectivity index (χ4n) is 2.13. The molecule has 116 valence electrons. The van der Waals surface area contributed by atoms with Crippen LogP contribution in [-0.2, 0) is 0 Å². The molecule has 0 bridgehead atoms. The molecule has 1 unspecified atom stereocenters. The van der Waals surface area contributed by atoms with Gasteiger partial charge in [-0.15, -0.1) is 0 Å². The number of ketones is 1. The van der Waals surface area contributed by atoms with E-state index in [0.29, 0.717) is 18.6 Å². The van der Waals surface area contributed by atoms with Crippen LogP contribution in [0.3, 0.4) is 0 Å². The molecule has 4 heteroatoms. The van der Waals surface area contributed by atoms with Gasteiger partial charge in [-0.25, -0.2) is 0 Å². The van der Waals surface area contributed by atoms with E-state index < -0.39 is 0 Å².